The summed E-state index contributed by atoms with van der Waals surface area (Å²) in [5.41, 5.74) is 3.05. The van der Waals surface area contributed by atoms with E-state index in [0.717, 1.165) is 22.3 Å². The number of hydrogen-bond acceptors (Lipinski definition) is 6. The predicted molar refractivity (Wildman–Crippen MR) is 127 cm³/mol. The molecule has 0 radical (unpaired) electrons. The Morgan fingerprint density at radius 3 is 2.31 bits per heavy atom. The average Bonchev–Trinajstić information content (AvgIpc) is 3.42. The van der Waals surface area contributed by atoms with Crippen LogP contribution >= 0.6 is 0 Å². The highest BCUT2D eigenvalue weighted by atomic mass is 16.5. The van der Waals surface area contributed by atoms with Gasteiger partial charge in [-0.1, -0.05) is 48.5 Å². The molecule has 0 aromatic heterocycles. The maximum Gasteiger partial charge on any atom is 0.407 e. The molecule has 1 fully saturated rings. The van der Waals surface area contributed by atoms with E-state index < -0.39 is 30.0 Å². The molecule has 3 unspecified atom stereocenters. The standard InChI is InChI=1S/C26H30N2O7/c1-26(33,11-23(29)30)15-28-24(31)16-10-17(34-13-16)12-27-25(32)35-14-22-20-8-4-2-6-18(20)19-7-3-5-9-21(19)22/h2-9,16-17,22,33H,10-15H2,1H3,(H,27,32)(H,28,31)(H,29,30). The smallest absolute Gasteiger partial charge is 0.407 e. The maximum atomic E-state index is 12.4. The van der Waals surface area contributed by atoms with Crippen LogP contribution in [-0.2, 0) is 19.1 Å². The fourth-order valence-corrected chi connectivity index (χ4v) is 4.69. The number of benzene rings is 2. The van der Waals surface area contributed by atoms with Crippen LogP contribution in [0, 0.1) is 5.92 Å². The van der Waals surface area contributed by atoms with Crippen molar-refractivity contribution in [2.75, 3.05) is 26.3 Å². The summed E-state index contributed by atoms with van der Waals surface area (Å²) in [4.78, 5) is 35.5. The Labute approximate surface area is 203 Å². The van der Waals surface area contributed by atoms with Crippen LogP contribution < -0.4 is 10.6 Å². The number of ether oxygens (including phenoxy) is 2. The summed E-state index contributed by atoms with van der Waals surface area (Å²) in [6, 6.07) is 16.2. The first-order valence-corrected chi connectivity index (χ1v) is 11.7. The molecular weight excluding hydrogens is 452 g/mol. The van der Waals surface area contributed by atoms with E-state index in [0.29, 0.717) is 6.42 Å². The van der Waals surface area contributed by atoms with E-state index in [4.69, 9.17) is 14.6 Å². The first-order valence-electron chi connectivity index (χ1n) is 11.7. The summed E-state index contributed by atoms with van der Waals surface area (Å²) in [5.74, 6) is -1.93. The molecule has 9 nitrogen and oxygen atoms in total. The molecule has 1 aliphatic carbocycles. The minimum atomic E-state index is -1.54. The third kappa shape index (κ3) is 5.98. The molecule has 9 heteroatoms. The van der Waals surface area contributed by atoms with Gasteiger partial charge in [0.25, 0.3) is 0 Å². The van der Waals surface area contributed by atoms with Crippen LogP contribution in [0.4, 0.5) is 4.79 Å². The van der Waals surface area contributed by atoms with Crippen LogP contribution in [0.5, 0.6) is 0 Å². The molecule has 0 saturated carbocycles. The van der Waals surface area contributed by atoms with E-state index in [9.17, 15) is 19.5 Å². The van der Waals surface area contributed by atoms with E-state index in [1.54, 1.807) is 0 Å². The van der Waals surface area contributed by atoms with Crippen molar-refractivity contribution in [3.05, 3.63) is 59.7 Å². The molecule has 2 amide bonds. The molecule has 4 N–H and O–H groups in total. The van der Waals surface area contributed by atoms with Gasteiger partial charge in [-0.2, -0.15) is 0 Å². The molecular formula is C26H30N2O7. The molecule has 2 aromatic rings. The van der Waals surface area contributed by atoms with Gasteiger partial charge in [0.1, 0.15) is 6.61 Å². The number of carbonyl (C=O) groups is 3. The third-order valence-electron chi connectivity index (χ3n) is 6.44. The number of carboxylic acid groups (broad SMARTS) is 1. The Bertz CT molecular complexity index is 1060. The van der Waals surface area contributed by atoms with Crippen molar-refractivity contribution >= 4 is 18.0 Å². The van der Waals surface area contributed by atoms with Crippen molar-refractivity contribution < 1.29 is 34.1 Å². The van der Waals surface area contributed by atoms with E-state index in [-0.39, 0.29) is 44.2 Å². The largest absolute Gasteiger partial charge is 0.481 e. The number of rotatable bonds is 9. The van der Waals surface area contributed by atoms with Crippen molar-refractivity contribution in [2.45, 2.75) is 37.4 Å². The van der Waals surface area contributed by atoms with E-state index in [1.165, 1.54) is 6.92 Å². The lowest BCUT2D eigenvalue weighted by Crippen LogP contribution is -2.44. The number of alkyl carbamates (subject to hydrolysis) is 1. The highest BCUT2D eigenvalue weighted by Gasteiger charge is 2.33. The topological polar surface area (TPSA) is 134 Å². The van der Waals surface area contributed by atoms with Crippen LogP contribution in [0.3, 0.4) is 0 Å². The molecule has 4 rings (SSSR count). The van der Waals surface area contributed by atoms with Gasteiger partial charge in [-0.05, 0) is 35.6 Å². The number of fused-ring (bicyclic) bond motifs is 3. The second-order valence-corrected chi connectivity index (χ2v) is 9.38. The van der Waals surface area contributed by atoms with E-state index in [1.807, 2.05) is 24.3 Å². The Balaban J connectivity index is 1.21. The normalized spacial score (nSPS) is 20.4. The number of hydrogen-bond donors (Lipinski definition) is 4. The molecule has 35 heavy (non-hydrogen) atoms. The van der Waals surface area contributed by atoms with Gasteiger partial charge in [0.2, 0.25) is 5.91 Å². The lowest BCUT2D eigenvalue weighted by molar-refractivity contribution is -0.142. The van der Waals surface area contributed by atoms with Crippen molar-refractivity contribution in [3.8, 4) is 11.1 Å². The molecule has 1 aliphatic heterocycles. The van der Waals surface area contributed by atoms with E-state index >= 15 is 0 Å². The molecule has 1 heterocycles. The van der Waals surface area contributed by atoms with Crippen molar-refractivity contribution in [1.29, 1.82) is 0 Å². The van der Waals surface area contributed by atoms with Gasteiger partial charge in [0, 0.05) is 19.0 Å². The number of aliphatic carboxylic acids is 1. The van der Waals surface area contributed by atoms with Crippen molar-refractivity contribution in [1.82, 2.24) is 10.6 Å². The fourth-order valence-electron chi connectivity index (χ4n) is 4.69. The van der Waals surface area contributed by atoms with Crippen LogP contribution in [0.25, 0.3) is 11.1 Å². The molecule has 1 saturated heterocycles. The average molecular weight is 483 g/mol. The van der Waals surface area contributed by atoms with Gasteiger partial charge < -0.3 is 30.3 Å². The van der Waals surface area contributed by atoms with Gasteiger partial charge >= 0.3 is 12.1 Å². The fraction of sp³-hybridized carbons (Fsp3) is 0.423. The molecule has 3 atom stereocenters. The maximum absolute atomic E-state index is 12.4. The van der Waals surface area contributed by atoms with Crippen LogP contribution in [-0.4, -0.2) is 66.2 Å². The number of carboxylic acids is 1. The van der Waals surface area contributed by atoms with Gasteiger partial charge in [0.15, 0.2) is 0 Å². The molecule has 186 valence electrons. The first-order chi connectivity index (χ1) is 16.7. The summed E-state index contributed by atoms with van der Waals surface area (Å²) in [7, 11) is 0. The second kappa shape index (κ2) is 10.5. The Morgan fingerprint density at radius 2 is 1.69 bits per heavy atom. The molecule has 0 spiro atoms. The second-order valence-electron chi connectivity index (χ2n) is 9.38. The number of nitrogens with one attached hydrogen (secondary N) is 2. The summed E-state index contributed by atoms with van der Waals surface area (Å²) in [6.07, 6.45) is -0.962. The summed E-state index contributed by atoms with van der Waals surface area (Å²) < 4.78 is 11.1. The quantitative estimate of drug-likeness (QED) is 0.431. The Morgan fingerprint density at radius 1 is 1.06 bits per heavy atom. The number of aliphatic hydroxyl groups is 1. The lowest BCUT2D eigenvalue weighted by atomic mass is 9.98. The Hall–Kier alpha value is -3.43. The van der Waals surface area contributed by atoms with Gasteiger partial charge in [0.05, 0.1) is 30.7 Å². The molecule has 0 bridgehead atoms. The monoisotopic (exact) mass is 482 g/mol. The zero-order chi connectivity index (χ0) is 25.0. The summed E-state index contributed by atoms with van der Waals surface area (Å²) in [5, 5.41) is 24.1. The van der Waals surface area contributed by atoms with E-state index in [2.05, 4.69) is 34.9 Å². The van der Waals surface area contributed by atoms with Gasteiger partial charge in [-0.3, -0.25) is 9.59 Å². The number of carbonyl (C=O) groups excluding carboxylic acids is 2. The SMILES string of the molecule is CC(O)(CNC(=O)C1COC(CNC(=O)OCC2c3ccccc3-c3ccccc32)C1)CC(=O)O. The highest BCUT2D eigenvalue weighted by Crippen LogP contribution is 2.44. The highest BCUT2D eigenvalue weighted by molar-refractivity contribution is 5.80. The Kier molecular flexibility index (Phi) is 7.37. The minimum absolute atomic E-state index is 0.0257. The van der Waals surface area contributed by atoms with Gasteiger partial charge in [-0.15, -0.1) is 0 Å². The first kappa shape index (κ1) is 24.7. The van der Waals surface area contributed by atoms with Crippen LogP contribution in [0.15, 0.2) is 48.5 Å². The van der Waals surface area contributed by atoms with Crippen molar-refractivity contribution in [3.63, 3.8) is 0 Å². The van der Waals surface area contributed by atoms with Crippen molar-refractivity contribution in [2.24, 2.45) is 5.92 Å². The predicted octanol–water partition coefficient (Wildman–Crippen LogP) is 2.27. The molecule has 2 aromatic carbocycles. The third-order valence-corrected chi connectivity index (χ3v) is 6.44. The van der Waals surface area contributed by atoms with Crippen LogP contribution in [0.2, 0.25) is 0 Å². The molecule has 2 aliphatic rings. The van der Waals surface area contributed by atoms with Gasteiger partial charge in [-0.25, -0.2) is 4.79 Å². The zero-order valence-electron chi connectivity index (χ0n) is 19.5. The summed E-state index contributed by atoms with van der Waals surface area (Å²) >= 11 is 0. The van der Waals surface area contributed by atoms with Crippen LogP contribution in [0.1, 0.15) is 36.8 Å². The zero-order valence-corrected chi connectivity index (χ0v) is 19.5. The lowest BCUT2D eigenvalue weighted by Gasteiger charge is -2.22. The minimum Gasteiger partial charge on any atom is -0.481 e. The summed E-state index contributed by atoms with van der Waals surface area (Å²) in [6.45, 7) is 1.79. The number of amides is 2.